The quantitative estimate of drug-likeness (QED) is 0.825. The number of nitrogens with one attached hydrogen (secondary N) is 1. The first-order chi connectivity index (χ1) is 10.8. The molecule has 4 nitrogen and oxygen atoms in total. The van der Waals surface area contributed by atoms with Gasteiger partial charge in [-0.3, -0.25) is 0 Å². The second-order valence-corrected chi connectivity index (χ2v) is 6.43. The molecule has 0 aliphatic rings. The van der Waals surface area contributed by atoms with Gasteiger partial charge in [0.1, 0.15) is 11.4 Å². The van der Waals surface area contributed by atoms with Crippen molar-refractivity contribution in [1.29, 1.82) is 0 Å². The molecule has 1 aromatic carbocycles. The predicted molar refractivity (Wildman–Crippen MR) is 82.8 cm³/mol. The lowest BCUT2D eigenvalue weighted by Gasteiger charge is -2.29. The van der Waals surface area contributed by atoms with Gasteiger partial charge in [0.25, 0.3) is 0 Å². The Morgan fingerprint density at radius 1 is 1.33 bits per heavy atom. The number of halogens is 3. The van der Waals surface area contributed by atoms with Gasteiger partial charge in [-0.05, 0) is 33.8 Å². The van der Waals surface area contributed by atoms with Crippen LogP contribution in [0.4, 0.5) is 18.0 Å². The van der Waals surface area contributed by atoms with Gasteiger partial charge in [-0.15, -0.1) is 6.42 Å². The molecule has 7 heteroatoms. The van der Waals surface area contributed by atoms with E-state index in [1.807, 2.05) is 0 Å². The molecule has 0 aromatic heterocycles. The molecule has 0 bridgehead atoms. The Morgan fingerprint density at radius 2 is 1.92 bits per heavy atom. The number of hydrogen-bond donors (Lipinski definition) is 2. The molecule has 1 amide bonds. The SMILES string of the molecule is C#CC(C)(O)C(F)(F)c1cccc(CNC(=O)OC(C)(C)C)c1F. The largest absolute Gasteiger partial charge is 0.444 e. The molecule has 0 heterocycles. The van der Waals surface area contributed by atoms with Crippen LogP contribution in [-0.4, -0.2) is 22.4 Å². The molecule has 1 aromatic rings. The van der Waals surface area contributed by atoms with Crippen molar-refractivity contribution in [2.24, 2.45) is 0 Å². The smallest absolute Gasteiger partial charge is 0.407 e. The minimum Gasteiger partial charge on any atom is -0.444 e. The van der Waals surface area contributed by atoms with Gasteiger partial charge in [0.05, 0.1) is 5.56 Å². The Bertz CT molecular complexity index is 658. The first kappa shape index (κ1) is 19.8. The molecular weight excluding hydrogens is 323 g/mol. The highest BCUT2D eigenvalue weighted by molar-refractivity contribution is 5.67. The summed E-state index contributed by atoms with van der Waals surface area (Å²) in [6.45, 7) is 5.31. The average Bonchev–Trinajstić information content (AvgIpc) is 2.43. The van der Waals surface area contributed by atoms with Crippen LogP contribution < -0.4 is 5.32 Å². The maximum absolute atomic E-state index is 14.4. The van der Waals surface area contributed by atoms with Crippen molar-refractivity contribution in [3.63, 3.8) is 0 Å². The summed E-state index contributed by atoms with van der Waals surface area (Å²) in [5.41, 5.74) is -4.84. The molecule has 2 N–H and O–H groups in total. The van der Waals surface area contributed by atoms with Crippen LogP contribution in [0, 0.1) is 18.2 Å². The van der Waals surface area contributed by atoms with Gasteiger partial charge in [0.2, 0.25) is 0 Å². The molecule has 0 aliphatic carbocycles. The van der Waals surface area contributed by atoms with Gasteiger partial charge in [0, 0.05) is 12.1 Å². The summed E-state index contributed by atoms with van der Waals surface area (Å²) in [4.78, 5) is 11.6. The van der Waals surface area contributed by atoms with Gasteiger partial charge in [-0.2, -0.15) is 8.78 Å². The minimum atomic E-state index is -4.01. The number of benzene rings is 1. The molecule has 1 rings (SSSR count). The van der Waals surface area contributed by atoms with Crippen molar-refractivity contribution >= 4 is 6.09 Å². The molecule has 0 saturated heterocycles. The van der Waals surface area contributed by atoms with Gasteiger partial charge in [0.15, 0.2) is 5.60 Å². The molecule has 1 unspecified atom stereocenters. The van der Waals surface area contributed by atoms with Crippen LogP contribution in [0.2, 0.25) is 0 Å². The second kappa shape index (κ2) is 6.73. The van der Waals surface area contributed by atoms with E-state index in [1.165, 1.54) is 12.1 Å². The number of alkyl halides is 2. The van der Waals surface area contributed by atoms with E-state index in [0.717, 1.165) is 13.0 Å². The van der Waals surface area contributed by atoms with Gasteiger partial charge in [-0.25, -0.2) is 9.18 Å². The van der Waals surface area contributed by atoms with E-state index in [1.54, 1.807) is 26.7 Å². The maximum atomic E-state index is 14.4. The van der Waals surface area contributed by atoms with E-state index in [2.05, 4.69) is 5.32 Å². The minimum absolute atomic E-state index is 0.189. The normalized spacial score (nSPS) is 14.5. The van der Waals surface area contributed by atoms with Crippen LogP contribution in [0.1, 0.15) is 38.8 Å². The Kier molecular flexibility index (Phi) is 5.57. The molecule has 0 saturated carbocycles. The number of aliphatic hydroxyl groups is 1. The summed E-state index contributed by atoms with van der Waals surface area (Å²) >= 11 is 0. The lowest BCUT2D eigenvalue weighted by atomic mass is 9.91. The predicted octanol–water partition coefficient (Wildman–Crippen LogP) is 3.33. The van der Waals surface area contributed by atoms with E-state index in [0.29, 0.717) is 0 Å². The highest BCUT2D eigenvalue weighted by Crippen LogP contribution is 2.40. The van der Waals surface area contributed by atoms with Gasteiger partial charge in [-0.1, -0.05) is 18.1 Å². The number of amides is 1. The van der Waals surface area contributed by atoms with Crippen LogP contribution in [0.25, 0.3) is 0 Å². The molecule has 0 aliphatic heterocycles. The summed E-state index contributed by atoms with van der Waals surface area (Å²) < 4.78 is 47.9. The third kappa shape index (κ3) is 4.42. The van der Waals surface area contributed by atoms with Crippen LogP contribution >= 0.6 is 0 Å². The number of carbonyl (C=O) groups is 1. The molecule has 24 heavy (non-hydrogen) atoms. The zero-order valence-electron chi connectivity index (χ0n) is 13.9. The average molecular weight is 343 g/mol. The first-order valence-electron chi connectivity index (χ1n) is 7.14. The van der Waals surface area contributed by atoms with Crippen molar-refractivity contribution in [2.45, 2.75) is 51.4 Å². The zero-order valence-corrected chi connectivity index (χ0v) is 13.9. The van der Waals surface area contributed by atoms with Crippen LogP contribution in [0.15, 0.2) is 18.2 Å². The Labute approximate surface area is 139 Å². The number of carbonyl (C=O) groups excluding carboxylic acids is 1. The monoisotopic (exact) mass is 343 g/mol. The lowest BCUT2D eigenvalue weighted by Crippen LogP contribution is -2.42. The van der Waals surface area contributed by atoms with Crippen LogP contribution in [0.5, 0.6) is 0 Å². The van der Waals surface area contributed by atoms with Crippen molar-refractivity contribution in [1.82, 2.24) is 5.32 Å². The van der Waals surface area contributed by atoms with Crippen molar-refractivity contribution in [3.05, 3.63) is 35.1 Å². The summed E-state index contributed by atoms with van der Waals surface area (Å²) in [5, 5.41) is 11.9. The maximum Gasteiger partial charge on any atom is 0.407 e. The number of ether oxygens (including phenoxy) is 1. The fourth-order valence-corrected chi connectivity index (χ4v) is 1.79. The first-order valence-corrected chi connectivity index (χ1v) is 7.14. The standard InChI is InChI=1S/C17H20F3NO3/c1-6-16(5,23)17(19,20)12-9-7-8-11(13(12)18)10-21-14(22)24-15(2,3)4/h1,7-9,23H,10H2,2-5H3,(H,21,22). The van der Waals surface area contributed by atoms with Crippen LogP contribution in [-0.2, 0) is 17.2 Å². The number of alkyl carbamates (subject to hydrolysis) is 1. The zero-order chi connectivity index (χ0) is 18.8. The van der Waals surface area contributed by atoms with E-state index in [4.69, 9.17) is 11.2 Å². The highest BCUT2D eigenvalue weighted by atomic mass is 19.3. The highest BCUT2D eigenvalue weighted by Gasteiger charge is 2.51. The Morgan fingerprint density at radius 3 is 2.42 bits per heavy atom. The fraction of sp³-hybridized carbons (Fsp3) is 0.471. The summed E-state index contributed by atoms with van der Waals surface area (Å²) in [6.07, 6.45) is 4.09. The van der Waals surface area contributed by atoms with E-state index < -0.39 is 34.6 Å². The van der Waals surface area contributed by atoms with Crippen molar-refractivity contribution in [3.8, 4) is 12.3 Å². The van der Waals surface area contributed by atoms with E-state index in [9.17, 15) is 23.1 Å². The van der Waals surface area contributed by atoms with E-state index in [-0.39, 0.29) is 12.1 Å². The number of terminal acetylenes is 1. The molecular formula is C17H20F3NO3. The molecule has 1 atom stereocenters. The van der Waals surface area contributed by atoms with Crippen molar-refractivity contribution in [2.75, 3.05) is 0 Å². The van der Waals surface area contributed by atoms with E-state index >= 15 is 0 Å². The van der Waals surface area contributed by atoms with Gasteiger partial charge >= 0.3 is 12.0 Å². The van der Waals surface area contributed by atoms with Crippen molar-refractivity contribution < 1.29 is 27.8 Å². The summed E-state index contributed by atoms with van der Waals surface area (Å²) in [5.74, 6) is -3.71. The third-order valence-corrected chi connectivity index (χ3v) is 3.13. The molecule has 0 spiro atoms. The molecule has 0 radical (unpaired) electrons. The molecule has 0 fully saturated rings. The number of rotatable bonds is 4. The second-order valence-electron chi connectivity index (χ2n) is 6.43. The van der Waals surface area contributed by atoms with Crippen LogP contribution in [0.3, 0.4) is 0 Å². The third-order valence-electron chi connectivity index (χ3n) is 3.13. The lowest BCUT2D eigenvalue weighted by molar-refractivity contribution is -0.148. The topological polar surface area (TPSA) is 58.6 Å². The summed E-state index contributed by atoms with van der Waals surface area (Å²) in [7, 11) is 0. The molecule has 132 valence electrons. The Hall–Kier alpha value is -2.20. The number of hydrogen-bond acceptors (Lipinski definition) is 3. The summed E-state index contributed by atoms with van der Waals surface area (Å²) in [6, 6.07) is 3.25. The Balaban J connectivity index is 3.03. The fourth-order valence-electron chi connectivity index (χ4n) is 1.79. The van der Waals surface area contributed by atoms with Gasteiger partial charge < -0.3 is 15.2 Å².